The summed E-state index contributed by atoms with van der Waals surface area (Å²) in [7, 11) is 4.24. The van der Waals surface area contributed by atoms with Crippen LogP contribution in [0.25, 0.3) is 0 Å². The number of rotatable bonds is 3. The Hall–Kier alpha value is -1.66. The van der Waals surface area contributed by atoms with Crippen LogP contribution in [0.3, 0.4) is 0 Å². The highest BCUT2D eigenvalue weighted by Crippen LogP contribution is 2.15. The van der Waals surface area contributed by atoms with Crippen LogP contribution in [-0.2, 0) is 9.47 Å². The molecular weight excluding hydrogens is 530 g/mol. The van der Waals surface area contributed by atoms with E-state index in [2.05, 4.69) is 82.5 Å². The molecule has 9 nitrogen and oxygen atoms in total. The van der Waals surface area contributed by atoms with Gasteiger partial charge in [0, 0.05) is 7.05 Å². The number of nitrogens with one attached hydrogen (secondary N) is 1. The van der Waals surface area contributed by atoms with E-state index in [0.717, 1.165) is 0 Å². The Bertz CT molecular complexity index is 775. The molecule has 2 heterocycles. The first kappa shape index (κ1) is 21.4. The highest BCUT2D eigenvalue weighted by atomic mass is 79.9. The summed E-state index contributed by atoms with van der Waals surface area (Å²) in [4.78, 5) is 37.8. The number of carbonyl (C=O) groups is 2. The van der Waals surface area contributed by atoms with E-state index < -0.39 is 11.9 Å². The van der Waals surface area contributed by atoms with E-state index in [4.69, 9.17) is 0 Å². The number of carbonyl (C=O) groups excluding carboxylic acids is 2. The van der Waals surface area contributed by atoms with Gasteiger partial charge in [-0.15, -0.1) is 0 Å². The highest BCUT2D eigenvalue weighted by molar-refractivity contribution is 9.11. The van der Waals surface area contributed by atoms with Crippen molar-refractivity contribution in [1.29, 1.82) is 0 Å². The molecule has 0 radical (unpaired) electrons. The van der Waals surface area contributed by atoms with Crippen molar-refractivity contribution >= 4 is 65.5 Å². The topological polar surface area (TPSA) is 116 Å². The fraction of sp³-hybridized carbons (Fsp3) is 0.231. The normalized spacial score (nSPS) is 9.52. The summed E-state index contributed by atoms with van der Waals surface area (Å²) in [5, 5.41) is 2.74. The Balaban J connectivity index is 0.000000251. The Morgan fingerprint density at radius 1 is 0.920 bits per heavy atom. The van der Waals surface area contributed by atoms with Crippen LogP contribution in [0.1, 0.15) is 21.0 Å². The van der Waals surface area contributed by atoms with Gasteiger partial charge in [0.05, 0.1) is 26.6 Å². The molecule has 0 spiro atoms. The maximum Gasteiger partial charge on any atom is 0.360 e. The van der Waals surface area contributed by atoms with Gasteiger partial charge in [0.1, 0.15) is 13.8 Å². The Morgan fingerprint density at radius 2 is 1.40 bits per heavy atom. The van der Waals surface area contributed by atoms with E-state index in [-0.39, 0.29) is 11.4 Å². The van der Waals surface area contributed by atoms with Gasteiger partial charge < -0.3 is 14.8 Å². The summed E-state index contributed by atoms with van der Waals surface area (Å²) in [5.74, 6) is -0.635. The lowest BCUT2D eigenvalue weighted by Crippen LogP contribution is -2.10. The van der Waals surface area contributed by atoms with E-state index in [1.165, 1.54) is 26.6 Å². The summed E-state index contributed by atoms with van der Waals surface area (Å²) in [6, 6.07) is 0. The number of halogens is 3. The van der Waals surface area contributed by atoms with Gasteiger partial charge in [0.2, 0.25) is 0 Å². The summed E-state index contributed by atoms with van der Waals surface area (Å²) in [5.41, 5.74) is 0.325. The molecule has 134 valence electrons. The molecule has 0 saturated carbocycles. The Morgan fingerprint density at radius 3 is 1.92 bits per heavy atom. The minimum Gasteiger partial charge on any atom is -0.464 e. The fourth-order valence-corrected chi connectivity index (χ4v) is 2.28. The SMILES string of the molecule is CNc1ncc(Br)nc1C(=O)OC.COC(=O)c1nc(Br)cnc1Br. The van der Waals surface area contributed by atoms with Crippen LogP contribution in [0, 0.1) is 0 Å². The molecule has 2 aromatic heterocycles. The molecule has 0 unspecified atom stereocenters. The van der Waals surface area contributed by atoms with Crippen molar-refractivity contribution < 1.29 is 19.1 Å². The fourth-order valence-electron chi connectivity index (χ4n) is 1.37. The molecule has 2 rings (SSSR count). The number of nitrogens with zero attached hydrogens (tertiary/aromatic N) is 4. The summed E-state index contributed by atoms with van der Waals surface area (Å²) in [6.07, 6.45) is 2.98. The average molecular weight is 542 g/mol. The van der Waals surface area contributed by atoms with Crippen molar-refractivity contribution in [2.75, 3.05) is 26.6 Å². The second-order valence-electron chi connectivity index (χ2n) is 3.96. The smallest absolute Gasteiger partial charge is 0.360 e. The number of hydrogen-bond donors (Lipinski definition) is 1. The van der Waals surface area contributed by atoms with Crippen molar-refractivity contribution in [3.8, 4) is 0 Å². The number of esters is 2. The third kappa shape index (κ3) is 6.29. The molecule has 0 bridgehead atoms. The molecule has 12 heteroatoms. The first-order chi connectivity index (χ1) is 11.8. The monoisotopic (exact) mass is 539 g/mol. The molecule has 0 aromatic carbocycles. The molecule has 0 aliphatic rings. The zero-order valence-electron chi connectivity index (χ0n) is 13.2. The van der Waals surface area contributed by atoms with Crippen molar-refractivity contribution in [3.05, 3.63) is 37.6 Å². The number of hydrogen-bond acceptors (Lipinski definition) is 9. The number of methoxy groups -OCH3 is 2. The van der Waals surface area contributed by atoms with Gasteiger partial charge in [-0.05, 0) is 47.8 Å². The van der Waals surface area contributed by atoms with E-state index in [0.29, 0.717) is 19.6 Å². The Kier molecular flexibility index (Phi) is 8.86. The van der Waals surface area contributed by atoms with Crippen molar-refractivity contribution in [2.24, 2.45) is 0 Å². The van der Waals surface area contributed by atoms with Crippen molar-refractivity contribution in [1.82, 2.24) is 19.9 Å². The quantitative estimate of drug-likeness (QED) is 0.585. The van der Waals surface area contributed by atoms with Crippen LogP contribution in [0.15, 0.2) is 26.2 Å². The minimum absolute atomic E-state index is 0.159. The maximum atomic E-state index is 11.2. The largest absolute Gasteiger partial charge is 0.464 e. The minimum atomic E-state index is -0.518. The zero-order valence-corrected chi connectivity index (χ0v) is 18.0. The molecule has 0 atom stereocenters. The lowest BCUT2D eigenvalue weighted by atomic mass is 10.4. The maximum absolute atomic E-state index is 11.2. The third-order valence-corrected chi connectivity index (χ3v) is 3.78. The van der Waals surface area contributed by atoms with Gasteiger partial charge in [-0.3, -0.25) is 0 Å². The van der Waals surface area contributed by atoms with Crippen LogP contribution < -0.4 is 5.32 Å². The predicted molar refractivity (Wildman–Crippen MR) is 99.4 cm³/mol. The molecule has 1 N–H and O–H groups in total. The van der Waals surface area contributed by atoms with E-state index in [1.54, 1.807) is 7.05 Å². The Labute approximate surface area is 168 Å². The first-order valence-electron chi connectivity index (χ1n) is 6.39. The van der Waals surface area contributed by atoms with Gasteiger partial charge in [-0.25, -0.2) is 29.5 Å². The van der Waals surface area contributed by atoms with Crippen LogP contribution in [0.2, 0.25) is 0 Å². The number of ether oxygens (including phenoxy) is 2. The van der Waals surface area contributed by atoms with Gasteiger partial charge in [-0.1, -0.05) is 0 Å². The summed E-state index contributed by atoms with van der Waals surface area (Å²) >= 11 is 9.28. The standard InChI is InChI=1S/C7H8BrN3O2.C6H4Br2N2O2/c1-9-6-5(7(12)13-2)11-4(8)3-10-6;1-12-6(11)4-5(8)9-2-3(7)10-4/h3H,1-2H3,(H,9,10);2H,1H3. The van der Waals surface area contributed by atoms with Crippen LogP contribution in [0.4, 0.5) is 5.82 Å². The van der Waals surface area contributed by atoms with E-state index in [1.807, 2.05) is 0 Å². The molecule has 0 fully saturated rings. The average Bonchev–Trinajstić information content (AvgIpc) is 2.62. The predicted octanol–water partition coefficient (Wildman–Crippen LogP) is 2.86. The van der Waals surface area contributed by atoms with Crippen molar-refractivity contribution in [3.63, 3.8) is 0 Å². The number of anilines is 1. The summed E-state index contributed by atoms with van der Waals surface area (Å²) < 4.78 is 10.4. The molecule has 0 saturated heterocycles. The zero-order chi connectivity index (χ0) is 19.0. The number of aromatic nitrogens is 4. The van der Waals surface area contributed by atoms with E-state index in [9.17, 15) is 9.59 Å². The first-order valence-corrected chi connectivity index (χ1v) is 8.76. The van der Waals surface area contributed by atoms with Gasteiger partial charge >= 0.3 is 11.9 Å². The lowest BCUT2D eigenvalue weighted by Gasteiger charge is -2.04. The van der Waals surface area contributed by atoms with Gasteiger partial charge in [-0.2, -0.15) is 0 Å². The molecule has 0 amide bonds. The van der Waals surface area contributed by atoms with E-state index >= 15 is 0 Å². The van der Waals surface area contributed by atoms with Crippen LogP contribution >= 0.6 is 47.8 Å². The van der Waals surface area contributed by atoms with Crippen molar-refractivity contribution in [2.45, 2.75) is 0 Å². The second-order valence-corrected chi connectivity index (χ2v) is 6.33. The molecule has 25 heavy (non-hydrogen) atoms. The lowest BCUT2D eigenvalue weighted by molar-refractivity contribution is 0.0584. The van der Waals surface area contributed by atoms with Crippen LogP contribution in [-0.4, -0.2) is 53.1 Å². The molecule has 0 aliphatic heterocycles. The van der Waals surface area contributed by atoms with Gasteiger partial charge in [0.25, 0.3) is 0 Å². The molecule has 0 aliphatic carbocycles. The second kappa shape index (κ2) is 10.4. The van der Waals surface area contributed by atoms with Gasteiger partial charge in [0.15, 0.2) is 17.2 Å². The highest BCUT2D eigenvalue weighted by Gasteiger charge is 2.14. The molecular formula is C13H12Br3N5O4. The summed E-state index contributed by atoms with van der Waals surface area (Å²) in [6.45, 7) is 0. The molecule has 2 aromatic rings. The van der Waals surface area contributed by atoms with Crippen LogP contribution in [0.5, 0.6) is 0 Å². The third-order valence-electron chi connectivity index (χ3n) is 2.44.